The van der Waals surface area contributed by atoms with E-state index in [1.54, 1.807) is 32.9 Å². The molecular weight excluding hydrogens is 546 g/mol. The number of carbonyl (C=O) groups is 5. The number of aliphatic imine (C=N–C) groups is 2. The third kappa shape index (κ3) is 7.57. The number of nitrogens with one attached hydrogen (secondary N) is 1. The van der Waals surface area contributed by atoms with E-state index in [0.29, 0.717) is 18.2 Å². The third-order valence-electron chi connectivity index (χ3n) is 5.69. The van der Waals surface area contributed by atoms with Gasteiger partial charge >= 0.3 is 18.0 Å². The van der Waals surface area contributed by atoms with Crippen LogP contribution in [0.3, 0.4) is 0 Å². The third-order valence-corrected chi connectivity index (χ3v) is 7.40. The van der Waals surface area contributed by atoms with Gasteiger partial charge in [-0.25, -0.2) is 23.0 Å². The highest BCUT2D eigenvalue weighted by atomic mass is 32.2. The molecule has 1 N–H and O–H groups in total. The van der Waals surface area contributed by atoms with Crippen molar-refractivity contribution in [3.63, 3.8) is 0 Å². The van der Waals surface area contributed by atoms with Gasteiger partial charge in [0.05, 0.1) is 6.21 Å². The summed E-state index contributed by atoms with van der Waals surface area (Å²) in [5, 5.41) is 1.72. The Morgan fingerprint density at radius 2 is 1.80 bits per heavy atom. The molecule has 14 nitrogen and oxygen atoms in total. The Bertz CT molecular complexity index is 1360. The van der Waals surface area contributed by atoms with Crippen molar-refractivity contribution >= 4 is 51.1 Å². The molecule has 1 fully saturated rings. The first-order valence-corrected chi connectivity index (χ1v) is 13.8. The second kappa shape index (κ2) is 12.0. The summed E-state index contributed by atoms with van der Waals surface area (Å²) in [5.74, 6) is -3.54. The van der Waals surface area contributed by atoms with Gasteiger partial charge < -0.3 is 19.7 Å². The SMILES string of the molecule is CN(C)C(=O)Oc1ccc(C[C@H](NC(=O)[C@@H]2CCCN2S(=O)(=O)C2=NC(=O)C(=O)C=N2)C(=O)OC(C)(C)C)cc1. The van der Waals surface area contributed by atoms with Crippen molar-refractivity contribution in [1.29, 1.82) is 0 Å². The number of ketones is 1. The number of Topliss-reactive ketones (excluding diaryl/α,β-unsaturated/α-hetero) is 1. The standard InChI is InChI=1S/C25H31N5O9S/c1-25(2,3)39-22(34)17(13-15-8-10-16(11-9-15)38-24(35)29(4)5)27-20(32)18-7-6-12-30(18)40(36,37)23-26-14-19(31)21(33)28-23/h8-11,14,17-18H,6-7,12-13H2,1-5H3,(H,27,32)/t17-,18-/m0/s1. The summed E-state index contributed by atoms with van der Waals surface area (Å²) in [6, 6.07) is 3.91. The van der Waals surface area contributed by atoms with E-state index in [4.69, 9.17) is 9.47 Å². The Morgan fingerprint density at radius 1 is 1.15 bits per heavy atom. The van der Waals surface area contributed by atoms with E-state index in [-0.39, 0.29) is 25.1 Å². The van der Waals surface area contributed by atoms with E-state index in [2.05, 4.69) is 15.3 Å². The molecule has 0 saturated carbocycles. The van der Waals surface area contributed by atoms with Crippen molar-refractivity contribution in [2.45, 2.75) is 57.7 Å². The monoisotopic (exact) mass is 577 g/mol. The summed E-state index contributed by atoms with van der Waals surface area (Å²) >= 11 is 0. The minimum Gasteiger partial charge on any atom is -0.458 e. The molecule has 216 valence electrons. The quantitative estimate of drug-likeness (QED) is 0.355. The van der Waals surface area contributed by atoms with E-state index in [9.17, 15) is 32.4 Å². The molecule has 40 heavy (non-hydrogen) atoms. The highest BCUT2D eigenvalue weighted by Crippen LogP contribution is 2.24. The Labute approximate surface area is 231 Å². The number of hydrogen-bond acceptors (Lipinski definition) is 10. The van der Waals surface area contributed by atoms with Gasteiger partial charge in [-0.1, -0.05) is 12.1 Å². The molecule has 0 aromatic heterocycles. The van der Waals surface area contributed by atoms with Gasteiger partial charge in [0, 0.05) is 27.1 Å². The number of nitrogens with zero attached hydrogens (tertiary/aromatic N) is 4. The predicted molar refractivity (Wildman–Crippen MR) is 142 cm³/mol. The van der Waals surface area contributed by atoms with E-state index in [1.165, 1.54) is 31.1 Å². The van der Waals surface area contributed by atoms with Crippen LogP contribution in [0.25, 0.3) is 0 Å². The first kappa shape index (κ1) is 30.6. The maximum Gasteiger partial charge on any atom is 0.414 e. The minimum atomic E-state index is -4.49. The molecule has 1 aromatic rings. The summed E-state index contributed by atoms with van der Waals surface area (Å²) < 4.78 is 37.7. The van der Waals surface area contributed by atoms with E-state index in [0.717, 1.165) is 4.31 Å². The van der Waals surface area contributed by atoms with Crippen LogP contribution in [0.5, 0.6) is 5.75 Å². The molecule has 2 aliphatic heterocycles. The molecule has 15 heteroatoms. The summed E-state index contributed by atoms with van der Waals surface area (Å²) in [7, 11) is -1.41. The molecule has 1 aromatic carbocycles. The van der Waals surface area contributed by atoms with Crippen LogP contribution in [0, 0.1) is 0 Å². The smallest absolute Gasteiger partial charge is 0.414 e. The van der Waals surface area contributed by atoms with E-state index in [1.807, 2.05) is 0 Å². The fourth-order valence-corrected chi connectivity index (χ4v) is 5.31. The second-order valence-electron chi connectivity index (χ2n) is 10.3. The van der Waals surface area contributed by atoms with Crippen molar-refractivity contribution in [3.05, 3.63) is 29.8 Å². The number of benzene rings is 1. The van der Waals surface area contributed by atoms with Crippen LogP contribution >= 0.6 is 0 Å². The lowest BCUT2D eigenvalue weighted by atomic mass is 10.0. The van der Waals surface area contributed by atoms with Gasteiger partial charge in [-0.3, -0.25) is 14.4 Å². The van der Waals surface area contributed by atoms with E-state index >= 15 is 0 Å². The lowest BCUT2D eigenvalue weighted by Gasteiger charge is -2.27. The first-order chi connectivity index (χ1) is 18.6. The molecule has 0 spiro atoms. The molecule has 3 amide bonds. The summed E-state index contributed by atoms with van der Waals surface area (Å²) in [6.45, 7) is 4.95. The molecule has 1 saturated heterocycles. The van der Waals surface area contributed by atoms with Gasteiger partial charge in [-0.2, -0.15) is 9.30 Å². The number of ether oxygens (including phenoxy) is 2. The van der Waals surface area contributed by atoms with Crippen molar-refractivity contribution in [3.8, 4) is 5.75 Å². The largest absolute Gasteiger partial charge is 0.458 e. The molecule has 2 aliphatic rings. The molecular formula is C25H31N5O9S. The number of esters is 1. The van der Waals surface area contributed by atoms with Gasteiger partial charge in [-0.15, -0.1) is 0 Å². The van der Waals surface area contributed by atoms with Gasteiger partial charge in [0.15, 0.2) is 0 Å². The van der Waals surface area contributed by atoms with Gasteiger partial charge in [0.1, 0.15) is 23.4 Å². The first-order valence-electron chi connectivity index (χ1n) is 12.3. The van der Waals surface area contributed by atoms with Gasteiger partial charge in [-0.05, 0) is 51.3 Å². The van der Waals surface area contributed by atoms with Crippen LogP contribution in [0.4, 0.5) is 4.79 Å². The van der Waals surface area contributed by atoms with Crippen molar-refractivity contribution < 1.29 is 41.9 Å². The predicted octanol–water partition coefficient (Wildman–Crippen LogP) is 0.446. The van der Waals surface area contributed by atoms with Crippen LogP contribution in [-0.2, 0) is 40.4 Å². The maximum atomic E-state index is 13.3. The molecule has 0 bridgehead atoms. The fraction of sp³-hybridized carbons (Fsp3) is 0.480. The Balaban J connectivity index is 1.80. The topological polar surface area (TPSA) is 181 Å². The van der Waals surface area contributed by atoms with Gasteiger partial charge in [0.25, 0.3) is 21.0 Å². The minimum absolute atomic E-state index is 0.00432. The van der Waals surface area contributed by atoms with Crippen LogP contribution in [-0.4, -0.2) is 97.0 Å². The lowest BCUT2D eigenvalue weighted by Crippen LogP contribution is -2.53. The summed E-state index contributed by atoms with van der Waals surface area (Å²) in [6.07, 6.45) is 0.463. The van der Waals surface area contributed by atoms with Crippen molar-refractivity contribution in [2.75, 3.05) is 20.6 Å². The number of hydrogen-bond donors (Lipinski definition) is 1. The van der Waals surface area contributed by atoms with E-state index < -0.39 is 62.5 Å². The van der Waals surface area contributed by atoms with Gasteiger partial charge in [0.2, 0.25) is 5.91 Å². The highest BCUT2D eigenvalue weighted by Gasteiger charge is 2.43. The average Bonchev–Trinajstić information content (AvgIpc) is 3.36. The lowest BCUT2D eigenvalue weighted by molar-refractivity contribution is -0.158. The fourth-order valence-electron chi connectivity index (χ4n) is 3.81. The molecule has 0 radical (unpaired) electrons. The number of amides is 3. The Hall–Kier alpha value is -3.98. The molecule has 2 atom stereocenters. The zero-order valence-corrected chi connectivity index (χ0v) is 23.6. The Kier molecular flexibility index (Phi) is 9.20. The van der Waals surface area contributed by atoms with Crippen LogP contribution in [0.1, 0.15) is 39.2 Å². The second-order valence-corrected chi connectivity index (χ2v) is 12.1. The normalized spacial score (nSPS) is 18.6. The number of amidine groups is 1. The average molecular weight is 578 g/mol. The summed E-state index contributed by atoms with van der Waals surface area (Å²) in [5.41, 5.74) is -0.264. The highest BCUT2D eigenvalue weighted by molar-refractivity contribution is 8.04. The molecule has 0 unspecified atom stereocenters. The summed E-state index contributed by atoms with van der Waals surface area (Å²) in [4.78, 5) is 69.1. The number of carbonyl (C=O) groups excluding carboxylic acids is 5. The number of sulfonamides is 1. The maximum absolute atomic E-state index is 13.3. The van der Waals surface area contributed by atoms with Crippen molar-refractivity contribution in [1.82, 2.24) is 14.5 Å². The molecule has 3 rings (SSSR count). The van der Waals surface area contributed by atoms with Crippen LogP contribution < -0.4 is 10.1 Å². The zero-order chi connectivity index (χ0) is 29.8. The zero-order valence-electron chi connectivity index (χ0n) is 22.7. The molecule has 0 aliphatic carbocycles. The Morgan fingerprint density at radius 3 is 2.38 bits per heavy atom. The van der Waals surface area contributed by atoms with Crippen LogP contribution in [0.2, 0.25) is 0 Å². The molecule has 2 heterocycles. The van der Waals surface area contributed by atoms with Crippen molar-refractivity contribution in [2.24, 2.45) is 9.98 Å². The van der Waals surface area contributed by atoms with Crippen LogP contribution in [0.15, 0.2) is 34.3 Å². The number of rotatable bonds is 7.